The van der Waals surface area contributed by atoms with E-state index in [9.17, 15) is 0 Å². The van der Waals surface area contributed by atoms with Gasteiger partial charge in [0.2, 0.25) is 0 Å². The van der Waals surface area contributed by atoms with Crippen LogP contribution in [0.3, 0.4) is 0 Å². The van der Waals surface area contributed by atoms with Crippen LogP contribution >= 0.6 is 0 Å². The van der Waals surface area contributed by atoms with Crippen LogP contribution < -0.4 is 5.46 Å². The van der Waals surface area contributed by atoms with Crippen molar-refractivity contribution in [1.82, 2.24) is 9.62 Å². The molecular weight excluding hydrogens is 207 g/mol. The molecule has 94 valence electrons. The van der Waals surface area contributed by atoms with Crippen LogP contribution in [0, 0.1) is 0 Å². The molecule has 0 aliphatic rings. The third kappa shape index (κ3) is 3.58. The molecular formula is C14H25BN2. The second kappa shape index (κ2) is 7.52. The van der Waals surface area contributed by atoms with E-state index in [4.69, 9.17) is 0 Å². The number of nitrogens with zero attached hydrogens (tertiary/aromatic N) is 2. The predicted molar refractivity (Wildman–Crippen MR) is 77.7 cm³/mol. The molecule has 0 N–H and O–H groups in total. The first kappa shape index (κ1) is 14.3. The summed E-state index contributed by atoms with van der Waals surface area (Å²) in [6.07, 6.45) is 0. The first-order valence-corrected chi connectivity index (χ1v) is 6.81. The highest BCUT2D eigenvalue weighted by Crippen LogP contribution is 2.03. The van der Waals surface area contributed by atoms with Crippen molar-refractivity contribution in [2.75, 3.05) is 26.2 Å². The average molecular weight is 232 g/mol. The first-order chi connectivity index (χ1) is 8.28. The standard InChI is InChI=1S/C14H25BN2/c1-5-16(6-2)15(17(7-3)8-4)14-12-10-9-11-13-14/h9-13H,5-8H2,1-4H3. The topological polar surface area (TPSA) is 6.48 Å². The van der Waals surface area contributed by atoms with Crippen molar-refractivity contribution < 1.29 is 0 Å². The zero-order valence-corrected chi connectivity index (χ0v) is 11.7. The van der Waals surface area contributed by atoms with Gasteiger partial charge in [-0.05, 0) is 31.6 Å². The van der Waals surface area contributed by atoms with Gasteiger partial charge in [-0.25, -0.2) is 0 Å². The lowest BCUT2D eigenvalue weighted by Crippen LogP contribution is -2.59. The van der Waals surface area contributed by atoms with Gasteiger partial charge in [0.05, 0.1) is 0 Å². The molecule has 0 atom stereocenters. The van der Waals surface area contributed by atoms with Gasteiger partial charge in [0.25, 0.3) is 0 Å². The predicted octanol–water partition coefficient (Wildman–Crippen LogP) is 2.07. The third-order valence-corrected chi connectivity index (χ3v) is 3.41. The Hall–Kier alpha value is -0.795. The molecule has 0 amide bonds. The van der Waals surface area contributed by atoms with Crippen molar-refractivity contribution in [3.05, 3.63) is 30.3 Å². The molecule has 0 heterocycles. The smallest absolute Gasteiger partial charge is 0.325 e. The van der Waals surface area contributed by atoms with Crippen LogP contribution in [-0.2, 0) is 0 Å². The Bertz CT molecular complexity index is 282. The fourth-order valence-electron chi connectivity index (χ4n) is 2.42. The highest BCUT2D eigenvalue weighted by atomic mass is 15.2. The fourth-order valence-corrected chi connectivity index (χ4v) is 2.42. The summed E-state index contributed by atoms with van der Waals surface area (Å²) in [5.74, 6) is 0. The molecule has 2 nitrogen and oxygen atoms in total. The molecule has 0 aliphatic carbocycles. The molecule has 0 saturated heterocycles. The van der Waals surface area contributed by atoms with Crippen LogP contribution in [0.4, 0.5) is 0 Å². The van der Waals surface area contributed by atoms with Gasteiger partial charge in [0, 0.05) is 0 Å². The normalized spacial score (nSPS) is 11.2. The lowest BCUT2D eigenvalue weighted by Gasteiger charge is -2.35. The van der Waals surface area contributed by atoms with Crippen LogP contribution in [0.5, 0.6) is 0 Å². The van der Waals surface area contributed by atoms with Crippen molar-refractivity contribution >= 4 is 12.4 Å². The van der Waals surface area contributed by atoms with Gasteiger partial charge in [-0.2, -0.15) is 0 Å². The minimum atomic E-state index is 0.418. The molecule has 1 aromatic rings. The van der Waals surface area contributed by atoms with Crippen LogP contribution in [0.25, 0.3) is 0 Å². The molecule has 1 aromatic carbocycles. The Morgan fingerprint density at radius 1 is 0.765 bits per heavy atom. The van der Waals surface area contributed by atoms with Gasteiger partial charge in [0.1, 0.15) is 0 Å². The minimum absolute atomic E-state index is 0.418. The summed E-state index contributed by atoms with van der Waals surface area (Å²) in [6, 6.07) is 10.8. The van der Waals surface area contributed by atoms with E-state index in [0.29, 0.717) is 6.98 Å². The second-order valence-corrected chi connectivity index (χ2v) is 4.23. The van der Waals surface area contributed by atoms with Gasteiger partial charge in [-0.15, -0.1) is 0 Å². The van der Waals surface area contributed by atoms with Gasteiger partial charge in [0.15, 0.2) is 0 Å². The Labute approximate surface area is 107 Å². The number of hydrogen-bond donors (Lipinski definition) is 0. The first-order valence-electron chi connectivity index (χ1n) is 6.81. The Morgan fingerprint density at radius 3 is 1.53 bits per heavy atom. The van der Waals surface area contributed by atoms with E-state index in [1.54, 1.807) is 0 Å². The maximum atomic E-state index is 2.52. The fraction of sp³-hybridized carbons (Fsp3) is 0.571. The monoisotopic (exact) mass is 232 g/mol. The molecule has 0 fully saturated rings. The average Bonchev–Trinajstić information content (AvgIpc) is 2.40. The SMILES string of the molecule is CCN(CC)B(c1ccccc1)N(CC)CC. The number of benzene rings is 1. The molecule has 0 spiro atoms. The lowest BCUT2D eigenvalue weighted by molar-refractivity contribution is 0.388. The van der Waals surface area contributed by atoms with Crippen molar-refractivity contribution in [3.8, 4) is 0 Å². The molecule has 0 saturated carbocycles. The Kier molecular flexibility index (Phi) is 6.31. The summed E-state index contributed by atoms with van der Waals surface area (Å²) < 4.78 is 0. The van der Waals surface area contributed by atoms with Gasteiger partial charge >= 0.3 is 6.98 Å². The summed E-state index contributed by atoms with van der Waals surface area (Å²) in [5.41, 5.74) is 1.40. The molecule has 0 bridgehead atoms. The Balaban J connectivity index is 3.01. The summed E-state index contributed by atoms with van der Waals surface area (Å²) in [7, 11) is 0. The maximum absolute atomic E-state index is 2.52. The van der Waals surface area contributed by atoms with Gasteiger partial charge < -0.3 is 9.62 Å². The number of hydrogen-bond acceptors (Lipinski definition) is 2. The summed E-state index contributed by atoms with van der Waals surface area (Å²) in [5, 5.41) is 0. The number of rotatable bonds is 7. The highest BCUT2D eigenvalue weighted by Gasteiger charge is 2.28. The summed E-state index contributed by atoms with van der Waals surface area (Å²) in [4.78, 5) is 5.03. The van der Waals surface area contributed by atoms with E-state index in [0.717, 1.165) is 26.2 Å². The van der Waals surface area contributed by atoms with Gasteiger partial charge in [-0.3, -0.25) is 0 Å². The summed E-state index contributed by atoms with van der Waals surface area (Å²) in [6.45, 7) is 13.7. The quantitative estimate of drug-likeness (QED) is 0.664. The van der Waals surface area contributed by atoms with E-state index < -0.39 is 0 Å². The Morgan fingerprint density at radius 2 is 1.18 bits per heavy atom. The van der Waals surface area contributed by atoms with Crippen molar-refractivity contribution in [3.63, 3.8) is 0 Å². The van der Waals surface area contributed by atoms with E-state index >= 15 is 0 Å². The van der Waals surface area contributed by atoms with E-state index in [1.807, 2.05) is 0 Å². The summed E-state index contributed by atoms with van der Waals surface area (Å²) >= 11 is 0. The molecule has 0 aromatic heterocycles. The maximum Gasteiger partial charge on any atom is 0.346 e. The van der Waals surface area contributed by atoms with E-state index in [-0.39, 0.29) is 0 Å². The molecule has 0 unspecified atom stereocenters. The largest absolute Gasteiger partial charge is 0.346 e. The zero-order valence-electron chi connectivity index (χ0n) is 11.7. The lowest BCUT2D eigenvalue weighted by atomic mass is 9.63. The molecule has 3 heteroatoms. The molecule has 0 radical (unpaired) electrons. The van der Waals surface area contributed by atoms with Crippen molar-refractivity contribution in [2.45, 2.75) is 27.7 Å². The van der Waals surface area contributed by atoms with Crippen LogP contribution in [0.2, 0.25) is 0 Å². The third-order valence-electron chi connectivity index (χ3n) is 3.41. The minimum Gasteiger partial charge on any atom is -0.325 e. The van der Waals surface area contributed by atoms with Crippen LogP contribution in [-0.4, -0.2) is 42.8 Å². The van der Waals surface area contributed by atoms with E-state index in [2.05, 4.69) is 67.6 Å². The zero-order chi connectivity index (χ0) is 12.7. The van der Waals surface area contributed by atoms with Crippen LogP contribution in [0.1, 0.15) is 27.7 Å². The van der Waals surface area contributed by atoms with Crippen molar-refractivity contribution in [2.24, 2.45) is 0 Å². The molecule has 17 heavy (non-hydrogen) atoms. The molecule has 0 aliphatic heterocycles. The van der Waals surface area contributed by atoms with Crippen LogP contribution in [0.15, 0.2) is 30.3 Å². The second-order valence-electron chi connectivity index (χ2n) is 4.23. The highest BCUT2D eigenvalue weighted by molar-refractivity contribution is 6.68. The van der Waals surface area contributed by atoms with Gasteiger partial charge in [-0.1, -0.05) is 58.0 Å². The molecule has 1 rings (SSSR count). The van der Waals surface area contributed by atoms with Crippen molar-refractivity contribution in [1.29, 1.82) is 0 Å². The van der Waals surface area contributed by atoms with E-state index in [1.165, 1.54) is 5.46 Å².